The fraction of sp³-hybridized carbons (Fsp3) is 0.529. The Morgan fingerprint density at radius 2 is 1.73 bits per heavy atom. The summed E-state index contributed by atoms with van der Waals surface area (Å²) in [6.45, 7) is 2.97. The Morgan fingerprint density at radius 3 is 2.19 bits per heavy atom. The van der Waals surface area contributed by atoms with Crippen molar-refractivity contribution in [2.75, 3.05) is 27.2 Å². The van der Waals surface area contributed by atoms with Gasteiger partial charge in [0.1, 0.15) is 0 Å². The molecule has 0 spiro atoms. The largest absolute Gasteiger partial charge is 0.349 e. The van der Waals surface area contributed by atoms with Crippen LogP contribution in [-0.2, 0) is 14.8 Å². The first-order valence-electron chi connectivity index (χ1n) is 8.49. The number of urea groups is 1. The van der Waals surface area contributed by atoms with Crippen LogP contribution < -0.4 is 10.5 Å². The van der Waals surface area contributed by atoms with Crippen molar-refractivity contribution in [2.24, 2.45) is 11.1 Å². The second-order valence-electron chi connectivity index (χ2n) is 6.78. The van der Waals surface area contributed by atoms with Crippen LogP contribution in [0.2, 0.25) is 0 Å². The van der Waals surface area contributed by atoms with Gasteiger partial charge in [-0.15, -0.1) is 0 Å². The van der Waals surface area contributed by atoms with Crippen molar-refractivity contribution < 1.29 is 18.0 Å². The van der Waals surface area contributed by atoms with Crippen LogP contribution in [0.25, 0.3) is 0 Å². The highest BCUT2D eigenvalue weighted by Crippen LogP contribution is 2.21. The highest BCUT2D eigenvalue weighted by molar-refractivity contribution is 7.89. The van der Waals surface area contributed by atoms with Crippen LogP contribution >= 0.6 is 0 Å². The molecular formula is C17H26N4O4S. The van der Waals surface area contributed by atoms with Crippen LogP contribution in [0.3, 0.4) is 0 Å². The number of carbonyl (C=O) groups is 2. The molecule has 8 nitrogen and oxygen atoms in total. The van der Waals surface area contributed by atoms with Gasteiger partial charge in [0, 0.05) is 33.1 Å². The number of rotatable bonds is 4. The molecule has 3 N–H and O–H groups in total. The Bertz CT molecular complexity index is 753. The lowest BCUT2D eigenvalue weighted by Crippen LogP contribution is -2.46. The fourth-order valence-corrected chi connectivity index (χ4v) is 3.49. The van der Waals surface area contributed by atoms with Crippen molar-refractivity contribution in [1.82, 2.24) is 15.1 Å². The number of nitrogens with zero attached hydrogens (tertiary/aromatic N) is 2. The molecule has 0 bridgehead atoms. The number of sulfonamides is 1. The summed E-state index contributed by atoms with van der Waals surface area (Å²) in [4.78, 5) is 27.7. The molecule has 9 heteroatoms. The Labute approximate surface area is 154 Å². The molecule has 1 aromatic rings. The van der Waals surface area contributed by atoms with E-state index < -0.39 is 10.0 Å². The minimum absolute atomic E-state index is 0.0350. The minimum atomic E-state index is -3.73. The topological polar surface area (TPSA) is 113 Å². The average molecular weight is 382 g/mol. The first-order chi connectivity index (χ1) is 12.1. The van der Waals surface area contributed by atoms with E-state index in [2.05, 4.69) is 5.32 Å². The number of nitrogens with two attached hydrogens (primary N) is 1. The number of nitrogens with one attached hydrogen (secondary N) is 1. The van der Waals surface area contributed by atoms with Crippen LogP contribution in [0.15, 0.2) is 29.2 Å². The number of piperidine rings is 1. The standard InChI is InChI=1S/C17H26N4O4S/c1-12(13-4-6-15(7-5-13)26(18,24)25)19-16(22)14-8-10-21(11-9-14)17(23)20(2)3/h4-7,12,14H,8-11H2,1-3H3,(H,19,22)(H2,18,24,25). The van der Waals surface area contributed by atoms with Crippen molar-refractivity contribution >= 4 is 22.0 Å². The van der Waals surface area contributed by atoms with E-state index in [-0.39, 0.29) is 28.8 Å². The number of primary sulfonamides is 1. The zero-order valence-corrected chi connectivity index (χ0v) is 16.1. The molecule has 1 aromatic carbocycles. The maximum Gasteiger partial charge on any atom is 0.319 e. The number of hydrogen-bond acceptors (Lipinski definition) is 4. The van der Waals surface area contributed by atoms with E-state index in [9.17, 15) is 18.0 Å². The van der Waals surface area contributed by atoms with Gasteiger partial charge in [-0.05, 0) is 37.5 Å². The lowest BCUT2D eigenvalue weighted by molar-refractivity contribution is -0.126. The van der Waals surface area contributed by atoms with Gasteiger partial charge >= 0.3 is 6.03 Å². The van der Waals surface area contributed by atoms with Gasteiger partial charge in [-0.2, -0.15) is 0 Å². The molecule has 3 amide bonds. The first kappa shape index (κ1) is 20.2. The zero-order chi connectivity index (χ0) is 19.5. The molecule has 1 unspecified atom stereocenters. The predicted molar refractivity (Wildman–Crippen MR) is 97.8 cm³/mol. The molecule has 1 heterocycles. The quantitative estimate of drug-likeness (QED) is 0.805. The van der Waals surface area contributed by atoms with E-state index in [0.717, 1.165) is 5.56 Å². The highest BCUT2D eigenvalue weighted by atomic mass is 32.2. The van der Waals surface area contributed by atoms with Gasteiger partial charge in [-0.1, -0.05) is 12.1 Å². The molecule has 0 saturated carbocycles. The molecule has 1 aliphatic rings. The predicted octanol–water partition coefficient (Wildman–Crippen LogP) is 0.905. The third-order valence-corrected chi connectivity index (χ3v) is 5.52. The van der Waals surface area contributed by atoms with Gasteiger partial charge in [-0.25, -0.2) is 18.4 Å². The van der Waals surface area contributed by atoms with E-state index >= 15 is 0 Å². The van der Waals surface area contributed by atoms with Crippen LogP contribution in [0.5, 0.6) is 0 Å². The smallest absolute Gasteiger partial charge is 0.319 e. The molecule has 1 fully saturated rings. The Hall–Kier alpha value is -2.13. The van der Waals surface area contributed by atoms with Crippen LogP contribution in [0, 0.1) is 5.92 Å². The number of amides is 3. The van der Waals surface area contributed by atoms with Gasteiger partial charge in [-0.3, -0.25) is 4.79 Å². The van der Waals surface area contributed by atoms with Gasteiger partial charge in [0.25, 0.3) is 0 Å². The highest BCUT2D eigenvalue weighted by Gasteiger charge is 2.28. The molecule has 0 aliphatic carbocycles. The molecule has 144 valence electrons. The van der Waals surface area contributed by atoms with Crippen LogP contribution in [0.1, 0.15) is 31.4 Å². The summed E-state index contributed by atoms with van der Waals surface area (Å²) in [6.07, 6.45) is 1.25. The molecule has 0 aromatic heterocycles. The summed E-state index contributed by atoms with van der Waals surface area (Å²) in [7, 11) is -0.302. The summed E-state index contributed by atoms with van der Waals surface area (Å²) < 4.78 is 22.6. The number of likely N-dealkylation sites (tertiary alicyclic amines) is 1. The molecule has 1 atom stereocenters. The number of benzene rings is 1. The van der Waals surface area contributed by atoms with E-state index in [1.54, 1.807) is 31.1 Å². The monoisotopic (exact) mass is 382 g/mol. The maximum absolute atomic E-state index is 12.5. The maximum atomic E-state index is 12.5. The number of hydrogen-bond donors (Lipinski definition) is 2. The van der Waals surface area contributed by atoms with Gasteiger partial charge in [0.2, 0.25) is 15.9 Å². The normalized spacial score (nSPS) is 16.8. The van der Waals surface area contributed by atoms with E-state index in [4.69, 9.17) is 5.14 Å². The molecule has 0 radical (unpaired) electrons. The van der Waals surface area contributed by atoms with Gasteiger partial charge in [0.15, 0.2) is 0 Å². The molecule has 1 saturated heterocycles. The summed E-state index contributed by atoms with van der Waals surface area (Å²) in [6, 6.07) is 5.86. The first-order valence-corrected chi connectivity index (χ1v) is 10.0. The van der Waals surface area contributed by atoms with Crippen molar-refractivity contribution in [1.29, 1.82) is 0 Å². The van der Waals surface area contributed by atoms with Crippen LogP contribution in [0.4, 0.5) is 4.79 Å². The van der Waals surface area contributed by atoms with E-state index in [1.165, 1.54) is 17.0 Å². The lowest BCUT2D eigenvalue weighted by atomic mass is 9.95. The summed E-state index contributed by atoms with van der Waals surface area (Å²) >= 11 is 0. The Balaban J connectivity index is 1.91. The lowest BCUT2D eigenvalue weighted by Gasteiger charge is -2.33. The Kier molecular flexibility index (Phi) is 6.25. The summed E-state index contributed by atoms with van der Waals surface area (Å²) in [5.74, 6) is -0.183. The minimum Gasteiger partial charge on any atom is -0.349 e. The van der Waals surface area contributed by atoms with E-state index in [1.807, 2.05) is 6.92 Å². The molecule has 2 rings (SSSR count). The SMILES string of the molecule is CC(NC(=O)C1CCN(C(=O)N(C)C)CC1)c1ccc(S(N)(=O)=O)cc1. The zero-order valence-electron chi connectivity index (χ0n) is 15.3. The van der Waals surface area contributed by atoms with Crippen molar-refractivity contribution in [3.05, 3.63) is 29.8 Å². The third-order valence-electron chi connectivity index (χ3n) is 4.59. The second-order valence-corrected chi connectivity index (χ2v) is 8.34. The third kappa shape index (κ3) is 4.95. The second kappa shape index (κ2) is 8.05. The average Bonchev–Trinajstić information content (AvgIpc) is 2.60. The van der Waals surface area contributed by atoms with Crippen molar-refractivity contribution in [3.63, 3.8) is 0 Å². The van der Waals surface area contributed by atoms with Crippen molar-refractivity contribution in [2.45, 2.75) is 30.7 Å². The molecule has 26 heavy (non-hydrogen) atoms. The van der Waals surface area contributed by atoms with E-state index in [0.29, 0.717) is 25.9 Å². The van der Waals surface area contributed by atoms with Gasteiger partial charge in [0.05, 0.1) is 10.9 Å². The molecule has 1 aliphatic heterocycles. The summed E-state index contributed by atoms with van der Waals surface area (Å²) in [5, 5.41) is 8.04. The number of carbonyl (C=O) groups excluding carboxylic acids is 2. The molecular weight excluding hydrogens is 356 g/mol. The summed E-state index contributed by atoms with van der Waals surface area (Å²) in [5.41, 5.74) is 0.797. The van der Waals surface area contributed by atoms with Crippen molar-refractivity contribution in [3.8, 4) is 0 Å². The fourth-order valence-electron chi connectivity index (χ4n) is 2.98. The Morgan fingerprint density at radius 1 is 1.19 bits per heavy atom. The van der Waals surface area contributed by atoms with Gasteiger partial charge < -0.3 is 15.1 Å². The van der Waals surface area contributed by atoms with Crippen LogP contribution in [-0.4, -0.2) is 57.3 Å².